The summed E-state index contributed by atoms with van der Waals surface area (Å²) in [5.41, 5.74) is 2.71. The summed E-state index contributed by atoms with van der Waals surface area (Å²) in [5.74, 6) is 0. The molecule has 0 saturated carbocycles. The maximum Gasteiger partial charge on any atom is 0.178 e. The standard InChI is InChI=1S/C10H16N.BrH/c1-4-8-11-9(2)6-5-7-10(11)3;/h5-7H,4,8H2,1-3H3;1H/q+1;/p-1. The number of rotatable bonds is 2. The zero-order valence-electron chi connectivity index (χ0n) is 7.97. The van der Waals surface area contributed by atoms with Crippen LogP contribution in [-0.4, -0.2) is 0 Å². The highest BCUT2D eigenvalue weighted by atomic mass is 79.9. The SMILES string of the molecule is CCC[n+]1c(C)cccc1C.[Br-]. The lowest BCUT2D eigenvalue weighted by molar-refractivity contribution is -0.708. The smallest absolute Gasteiger partial charge is 0.178 e. The largest absolute Gasteiger partial charge is 1.00 e. The van der Waals surface area contributed by atoms with Crippen LogP contribution < -0.4 is 21.5 Å². The van der Waals surface area contributed by atoms with Crippen molar-refractivity contribution in [3.63, 3.8) is 0 Å². The molecule has 0 amide bonds. The third-order valence-electron chi connectivity index (χ3n) is 1.97. The number of aryl methyl sites for hydroxylation is 2. The second-order valence-corrected chi connectivity index (χ2v) is 2.96. The van der Waals surface area contributed by atoms with Crippen LogP contribution in [0.15, 0.2) is 18.2 Å². The maximum absolute atomic E-state index is 2.35. The fraction of sp³-hybridized carbons (Fsp3) is 0.500. The van der Waals surface area contributed by atoms with Crippen LogP contribution in [0.25, 0.3) is 0 Å². The summed E-state index contributed by atoms with van der Waals surface area (Å²) in [4.78, 5) is 0. The van der Waals surface area contributed by atoms with E-state index in [0.29, 0.717) is 0 Å². The van der Waals surface area contributed by atoms with E-state index in [-0.39, 0.29) is 17.0 Å². The summed E-state index contributed by atoms with van der Waals surface area (Å²) in [6, 6.07) is 6.42. The Hall–Kier alpha value is -0.370. The van der Waals surface area contributed by atoms with Gasteiger partial charge in [0.2, 0.25) is 0 Å². The summed E-state index contributed by atoms with van der Waals surface area (Å²) >= 11 is 0. The molecule has 12 heavy (non-hydrogen) atoms. The first-order valence-corrected chi connectivity index (χ1v) is 4.21. The van der Waals surface area contributed by atoms with Crippen LogP contribution in [0.5, 0.6) is 0 Å². The third kappa shape index (κ3) is 2.59. The van der Waals surface area contributed by atoms with Gasteiger partial charge in [-0.25, -0.2) is 4.57 Å². The molecule has 0 unspecified atom stereocenters. The zero-order chi connectivity index (χ0) is 8.27. The van der Waals surface area contributed by atoms with Gasteiger partial charge >= 0.3 is 0 Å². The van der Waals surface area contributed by atoms with E-state index in [4.69, 9.17) is 0 Å². The Bertz CT molecular complexity index is 225. The normalized spacial score (nSPS) is 9.25. The first kappa shape index (κ1) is 11.6. The van der Waals surface area contributed by atoms with E-state index in [2.05, 4.69) is 43.5 Å². The first-order valence-electron chi connectivity index (χ1n) is 4.21. The van der Waals surface area contributed by atoms with Gasteiger partial charge in [-0.3, -0.25) is 0 Å². The number of hydrogen-bond acceptors (Lipinski definition) is 0. The number of nitrogens with zero attached hydrogens (tertiary/aromatic N) is 1. The van der Waals surface area contributed by atoms with Crippen molar-refractivity contribution in [1.82, 2.24) is 0 Å². The molecule has 1 nitrogen and oxygen atoms in total. The van der Waals surface area contributed by atoms with Crippen LogP contribution in [0.3, 0.4) is 0 Å². The molecule has 0 bridgehead atoms. The Labute approximate surface area is 85.2 Å². The van der Waals surface area contributed by atoms with E-state index in [1.54, 1.807) is 0 Å². The topological polar surface area (TPSA) is 3.88 Å². The van der Waals surface area contributed by atoms with Crippen molar-refractivity contribution in [3.05, 3.63) is 29.6 Å². The van der Waals surface area contributed by atoms with E-state index in [0.717, 1.165) is 6.54 Å². The average Bonchev–Trinajstić information content (AvgIpc) is 1.97. The van der Waals surface area contributed by atoms with Gasteiger partial charge in [0, 0.05) is 32.4 Å². The average molecular weight is 230 g/mol. The van der Waals surface area contributed by atoms with Gasteiger partial charge in [0.15, 0.2) is 11.4 Å². The quantitative estimate of drug-likeness (QED) is 0.574. The molecule has 0 atom stereocenters. The van der Waals surface area contributed by atoms with Crippen molar-refractivity contribution in [3.8, 4) is 0 Å². The molecule has 0 N–H and O–H groups in total. The Balaban J connectivity index is 0.00000121. The highest BCUT2D eigenvalue weighted by Gasteiger charge is 2.06. The van der Waals surface area contributed by atoms with Gasteiger partial charge in [0.05, 0.1) is 0 Å². The first-order chi connectivity index (χ1) is 5.25. The van der Waals surface area contributed by atoms with Crippen LogP contribution in [0.2, 0.25) is 0 Å². The molecule has 0 aromatic carbocycles. The van der Waals surface area contributed by atoms with Gasteiger partial charge in [-0.15, -0.1) is 0 Å². The van der Waals surface area contributed by atoms with Gasteiger partial charge in [-0.2, -0.15) is 0 Å². The highest BCUT2D eigenvalue weighted by Crippen LogP contribution is 1.94. The minimum Gasteiger partial charge on any atom is -1.00 e. The molecule has 0 radical (unpaired) electrons. The van der Waals surface area contributed by atoms with E-state index < -0.39 is 0 Å². The lowest BCUT2D eigenvalue weighted by Gasteiger charge is -2.00. The van der Waals surface area contributed by atoms with Gasteiger partial charge in [-0.05, 0) is 6.07 Å². The number of pyridine rings is 1. The summed E-state index contributed by atoms with van der Waals surface area (Å²) < 4.78 is 2.35. The predicted molar refractivity (Wildman–Crippen MR) is 46.4 cm³/mol. The Morgan fingerprint density at radius 1 is 1.17 bits per heavy atom. The van der Waals surface area contributed by atoms with E-state index >= 15 is 0 Å². The van der Waals surface area contributed by atoms with Crippen molar-refractivity contribution in [2.24, 2.45) is 0 Å². The molecular formula is C10H16BrN. The van der Waals surface area contributed by atoms with Crippen molar-refractivity contribution in [2.75, 3.05) is 0 Å². The molecule has 1 rings (SSSR count). The summed E-state index contributed by atoms with van der Waals surface area (Å²) in [7, 11) is 0. The summed E-state index contributed by atoms with van der Waals surface area (Å²) in [5, 5.41) is 0. The Morgan fingerprint density at radius 2 is 1.67 bits per heavy atom. The van der Waals surface area contributed by atoms with Crippen molar-refractivity contribution >= 4 is 0 Å². The fourth-order valence-electron chi connectivity index (χ4n) is 1.36. The monoisotopic (exact) mass is 229 g/mol. The molecule has 68 valence electrons. The zero-order valence-corrected chi connectivity index (χ0v) is 9.56. The van der Waals surface area contributed by atoms with E-state index in [9.17, 15) is 0 Å². The molecule has 0 aliphatic rings. The van der Waals surface area contributed by atoms with Crippen molar-refractivity contribution < 1.29 is 21.5 Å². The molecule has 0 saturated heterocycles. The Morgan fingerprint density at radius 3 is 2.08 bits per heavy atom. The van der Waals surface area contributed by atoms with E-state index in [1.165, 1.54) is 17.8 Å². The molecule has 0 aliphatic carbocycles. The molecule has 2 heteroatoms. The van der Waals surface area contributed by atoms with Gasteiger partial charge < -0.3 is 17.0 Å². The van der Waals surface area contributed by atoms with Gasteiger partial charge in [0.25, 0.3) is 0 Å². The van der Waals surface area contributed by atoms with Crippen LogP contribution in [0, 0.1) is 13.8 Å². The van der Waals surface area contributed by atoms with Crippen molar-refractivity contribution in [1.29, 1.82) is 0 Å². The number of hydrogen-bond donors (Lipinski definition) is 0. The molecule has 0 spiro atoms. The third-order valence-corrected chi connectivity index (χ3v) is 1.97. The summed E-state index contributed by atoms with van der Waals surface area (Å²) in [6.07, 6.45) is 1.20. The predicted octanol–water partition coefficient (Wildman–Crippen LogP) is -0.995. The van der Waals surface area contributed by atoms with Crippen LogP contribution >= 0.6 is 0 Å². The minimum absolute atomic E-state index is 0. The maximum atomic E-state index is 2.35. The van der Waals surface area contributed by atoms with Crippen molar-refractivity contribution in [2.45, 2.75) is 33.7 Å². The molecule has 1 heterocycles. The molecule has 0 fully saturated rings. The van der Waals surface area contributed by atoms with Crippen LogP contribution in [-0.2, 0) is 6.54 Å². The number of halogens is 1. The Kier molecular flexibility index (Phi) is 5.14. The summed E-state index contributed by atoms with van der Waals surface area (Å²) in [6.45, 7) is 7.66. The molecule has 1 aromatic heterocycles. The minimum atomic E-state index is 0. The lowest BCUT2D eigenvalue weighted by Crippen LogP contribution is -3.00. The second kappa shape index (κ2) is 5.31. The lowest BCUT2D eigenvalue weighted by atomic mass is 10.3. The van der Waals surface area contributed by atoms with E-state index in [1.807, 2.05) is 0 Å². The van der Waals surface area contributed by atoms with Crippen LogP contribution in [0.4, 0.5) is 0 Å². The second-order valence-electron chi connectivity index (χ2n) is 2.96. The molecule has 1 aromatic rings. The fourth-order valence-corrected chi connectivity index (χ4v) is 1.36. The molecular weight excluding hydrogens is 214 g/mol. The highest BCUT2D eigenvalue weighted by molar-refractivity contribution is 5.00. The van der Waals surface area contributed by atoms with Crippen LogP contribution in [0.1, 0.15) is 24.7 Å². The molecule has 0 aliphatic heterocycles. The number of aromatic nitrogens is 1. The van der Waals surface area contributed by atoms with Gasteiger partial charge in [0.1, 0.15) is 6.54 Å². The van der Waals surface area contributed by atoms with Gasteiger partial charge in [-0.1, -0.05) is 6.92 Å².